The predicted octanol–water partition coefficient (Wildman–Crippen LogP) is 3.38. The molecule has 6 nitrogen and oxygen atoms in total. The molecule has 1 aliphatic heterocycles. The Balaban J connectivity index is 1.49. The summed E-state index contributed by atoms with van der Waals surface area (Å²) in [5, 5.41) is 0. The largest absolute Gasteiger partial charge is 0.319 e. The van der Waals surface area contributed by atoms with Crippen LogP contribution in [0.1, 0.15) is 24.0 Å². The molecule has 30 heavy (non-hydrogen) atoms. The summed E-state index contributed by atoms with van der Waals surface area (Å²) >= 11 is 1.50. The molecule has 0 N–H and O–H groups in total. The quantitative estimate of drug-likeness (QED) is 0.623. The summed E-state index contributed by atoms with van der Waals surface area (Å²) < 4.78 is 30.2. The van der Waals surface area contributed by atoms with E-state index in [0.717, 1.165) is 15.8 Å². The molecule has 1 aliphatic rings. The second-order valence-corrected chi connectivity index (χ2v) is 10.8. The van der Waals surface area contributed by atoms with Gasteiger partial charge < -0.3 is 4.57 Å². The molecule has 1 saturated heterocycles. The summed E-state index contributed by atoms with van der Waals surface area (Å²) in [6.07, 6.45) is 0.974. The second-order valence-electron chi connectivity index (χ2n) is 7.86. The van der Waals surface area contributed by atoms with E-state index in [0.29, 0.717) is 35.6 Å². The highest BCUT2D eigenvalue weighted by atomic mass is 32.2. The number of sulfonamides is 1. The number of piperidine rings is 1. The van der Waals surface area contributed by atoms with Crippen molar-refractivity contribution in [1.29, 1.82) is 0 Å². The molecule has 0 unspecified atom stereocenters. The van der Waals surface area contributed by atoms with Crippen LogP contribution in [0, 0.1) is 19.8 Å². The maximum absolute atomic E-state index is 12.9. The van der Waals surface area contributed by atoms with E-state index in [1.54, 1.807) is 24.3 Å². The van der Waals surface area contributed by atoms with Gasteiger partial charge >= 0.3 is 0 Å². The van der Waals surface area contributed by atoms with Gasteiger partial charge in [-0.3, -0.25) is 4.79 Å². The van der Waals surface area contributed by atoms with Crippen LogP contribution in [0.15, 0.2) is 52.4 Å². The third kappa shape index (κ3) is 3.99. The van der Waals surface area contributed by atoms with Gasteiger partial charge in [-0.15, -0.1) is 0 Å². The molecule has 8 heteroatoms. The Kier molecular flexibility index (Phi) is 5.65. The summed E-state index contributed by atoms with van der Waals surface area (Å²) in [5.74, 6) is -0.414. The lowest BCUT2D eigenvalue weighted by molar-refractivity contribution is -0.122. The van der Waals surface area contributed by atoms with Gasteiger partial charge in [0.15, 0.2) is 4.80 Å². The van der Waals surface area contributed by atoms with Crippen LogP contribution in [0.2, 0.25) is 0 Å². The van der Waals surface area contributed by atoms with Crippen molar-refractivity contribution in [3.05, 3.63) is 58.4 Å². The summed E-state index contributed by atoms with van der Waals surface area (Å²) in [6, 6.07) is 13.1. The lowest BCUT2D eigenvalue weighted by atomic mass is 9.98. The second kappa shape index (κ2) is 8.09. The van der Waals surface area contributed by atoms with Gasteiger partial charge in [0.05, 0.1) is 15.1 Å². The first-order chi connectivity index (χ1) is 14.3. The number of amides is 1. The predicted molar refractivity (Wildman–Crippen MR) is 119 cm³/mol. The van der Waals surface area contributed by atoms with E-state index in [2.05, 4.69) is 11.1 Å². The minimum atomic E-state index is -3.53. The van der Waals surface area contributed by atoms with Gasteiger partial charge in [0.1, 0.15) is 0 Å². The van der Waals surface area contributed by atoms with Gasteiger partial charge in [-0.2, -0.15) is 9.30 Å². The van der Waals surface area contributed by atoms with Crippen molar-refractivity contribution in [3.63, 3.8) is 0 Å². The molecule has 3 aromatic rings. The molecule has 0 spiro atoms. The van der Waals surface area contributed by atoms with Gasteiger partial charge in [-0.25, -0.2) is 8.42 Å². The van der Waals surface area contributed by atoms with E-state index >= 15 is 0 Å². The summed E-state index contributed by atoms with van der Waals surface area (Å²) in [5.41, 5.74) is 3.24. The molecule has 1 aromatic heterocycles. The van der Waals surface area contributed by atoms with Crippen LogP contribution < -0.4 is 4.80 Å². The van der Waals surface area contributed by atoms with E-state index in [4.69, 9.17) is 0 Å². The molecule has 1 fully saturated rings. The normalized spacial score (nSPS) is 17.0. The Morgan fingerprint density at radius 1 is 1.03 bits per heavy atom. The molecule has 0 saturated carbocycles. The van der Waals surface area contributed by atoms with Crippen molar-refractivity contribution in [2.45, 2.75) is 31.6 Å². The van der Waals surface area contributed by atoms with Crippen molar-refractivity contribution < 1.29 is 13.2 Å². The lowest BCUT2D eigenvalue weighted by Crippen LogP contribution is -2.40. The number of fused-ring (bicyclic) bond motifs is 1. The van der Waals surface area contributed by atoms with Gasteiger partial charge in [-0.05, 0) is 56.5 Å². The average molecular weight is 444 g/mol. The number of carbonyl (C=O) groups excluding carboxylic acids is 1. The molecule has 4 rings (SSSR count). The monoisotopic (exact) mass is 443 g/mol. The molecule has 158 valence electrons. The first-order valence-corrected chi connectivity index (χ1v) is 12.2. The first kappa shape index (κ1) is 21.0. The Bertz CT molecular complexity index is 1260. The van der Waals surface area contributed by atoms with Crippen LogP contribution in [-0.2, 0) is 21.9 Å². The summed E-state index contributed by atoms with van der Waals surface area (Å²) in [7, 11) is -1.61. The fourth-order valence-corrected chi connectivity index (χ4v) is 6.33. The number of thiazole rings is 1. The molecule has 0 radical (unpaired) electrons. The highest BCUT2D eigenvalue weighted by molar-refractivity contribution is 7.89. The number of nitrogens with zero attached hydrogens (tertiary/aromatic N) is 3. The van der Waals surface area contributed by atoms with Crippen LogP contribution >= 0.6 is 11.3 Å². The van der Waals surface area contributed by atoms with Crippen LogP contribution in [0.5, 0.6) is 0 Å². The van der Waals surface area contributed by atoms with E-state index < -0.39 is 10.0 Å². The van der Waals surface area contributed by atoms with E-state index in [-0.39, 0.29) is 11.8 Å². The third-order valence-corrected chi connectivity index (χ3v) is 8.64. The first-order valence-electron chi connectivity index (χ1n) is 9.97. The number of aryl methyl sites for hydroxylation is 3. The highest BCUT2D eigenvalue weighted by Gasteiger charge is 2.32. The minimum absolute atomic E-state index is 0.165. The van der Waals surface area contributed by atoms with E-state index in [1.165, 1.54) is 21.2 Å². The van der Waals surface area contributed by atoms with E-state index in [1.807, 2.05) is 37.6 Å². The molecule has 0 bridgehead atoms. The van der Waals surface area contributed by atoms with Crippen LogP contribution in [-0.4, -0.2) is 36.3 Å². The zero-order valence-corrected chi connectivity index (χ0v) is 19.0. The number of benzene rings is 2. The number of rotatable bonds is 3. The smallest absolute Gasteiger partial charge is 0.251 e. The van der Waals surface area contributed by atoms with Gasteiger partial charge in [0, 0.05) is 26.1 Å². The molecular weight excluding hydrogens is 418 g/mol. The molecular formula is C22H25N3O3S2. The Labute approximate surface area is 180 Å². The van der Waals surface area contributed by atoms with Crippen molar-refractivity contribution in [1.82, 2.24) is 8.87 Å². The third-order valence-electron chi connectivity index (χ3n) is 5.63. The minimum Gasteiger partial charge on any atom is -0.319 e. The van der Waals surface area contributed by atoms with Crippen molar-refractivity contribution in [2.24, 2.45) is 18.0 Å². The number of aromatic nitrogens is 1. The van der Waals surface area contributed by atoms with Gasteiger partial charge in [0.25, 0.3) is 5.91 Å². The fraction of sp³-hybridized carbons (Fsp3) is 0.364. The number of hydrogen-bond acceptors (Lipinski definition) is 4. The molecule has 0 atom stereocenters. The SMILES string of the molecule is Cc1ccc(S(=O)(=O)N2CCC(C(=O)N=c3sc4cc(C)ccc4n3C)CC2)cc1. The highest BCUT2D eigenvalue weighted by Crippen LogP contribution is 2.25. The van der Waals surface area contributed by atoms with Crippen molar-refractivity contribution >= 4 is 37.5 Å². The van der Waals surface area contributed by atoms with Gasteiger partial charge in [0.2, 0.25) is 10.0 Å². The van der Waals surface area contributed by atoms with Crippen molar-refractivity contribution in [3.8, 4) is 0 Å². The van der Waals surface area contributed by atoms with Crippen LogP contribution in [0.4, 0.5) is 0 Å². The zero-order valence-electron chi connectivity index (χ0n) is 17.3. The fourth-order valence-electron chi connectivity index (χ4n) is 3.74. The summed E-state index contributed by atoms with van der Waals surface area (Å²) in [4.78, 5) is 18.1. The van der Waals surface area contributed by atoms with Crippen molar-refractivity contribution in [2.75, 3.05) is 13.1 Å². The zero-order chi connectivity index (χ0) is 21.5. The molecule has 0 aliphatic carbocycles. The topological polar surface area (TPSA) is 71.7 Å². The molecule has 2 heterocycles. The van der Waals surface area contributed by atoms with Crippen LogP contribution in [0.25, 0.3) is 10.2 Å². The van der Waals surface area contributed by atoms with Crippen LogP contribution in [0.3, 0.4) is 0 Å². The standard InChI is InChI=1S/C22H25N3O3S2/c1-15-4-7-18(8-5-15)30(27,28)25-12-10-17(11-13-25)21(26)23-22-24(3)19-9-6-16(2)14-20(19)29-22/h4-9,14,17H,10-13H2,1-3H3. The van der Waals surface area contributed by atoms with E-state index in [9.17, 15) is 13.2 Å². The molecule has 1 amide bonds. The summed E-state index contributed by atoms with van der Waals surface area (Å²) in [6.45, 7) is 4.63. The Morgan fingerprint density at radius 2 is 1.67 bits per heavy atom. The Hall–Kier alpha value is -2.29. The average Bonchev–Trinajstić information content (AvgIpc) is 3.03. The maximum Gasteiger partial charge on any atom is 0.251 e. The lowest BCUT2D eigenvalue weighted by Gasteiger charge is -2.29. The molecule has 2 aromatic carbocycles. The number of carbonyl (C=O) groups is 1. The number of hydrogen-bond donors (Lipinski definition) is 0. The maximum atomic E-state index is 12.9. The van der Waals surface area contributed by atoms with Gasteiger partial charge in [-0.1, -0.05) is 35.1 Å². The Morgan fingerprint density at radius 3 is 2.33 bits per heavy atom.